The highest BCUT2D eigenvalue weighted by Crippen LogP contribution is 2.22. The SMILES string of the molecule is O=C(NCC(O)c1ccccc1Cl)C1CC=CC1. The summed E-state index contributed by atoms with van der Waals surface area (Å²) in [6, 6.07) is 7.10. The van der Waals surface area contributed by atoms with Gasteiger partial charge in [0.2, 0.25) is 5.91 Å². The van der Waals surface area contributed by atoms with Gasteiger partial charge in [0, 0.05) is 23.0 Å². The van der Waals surface area contributed by atoms with E-state index in [0.717, 1.165) is 12.8 Å². The predicted octanol–water partition coefficient (Wildman–Crippen LogP) is 2.46. The van der Waals surface area contributed by atoms with Crippen molar-refractivity contribution >= 4 is 17.5 Å². The van der Waals surface area contributed by atoms with Crippen LogP contribution in [0.2, 0.25) is 5.02 Å². The van der Waals surface area contributed by atoms with E-state index in [-0.39, 0.29) is 18.4 Å². The fourth-order valence-corrected chi connectivity index (χ4v) is 2.29. The molecule has 0 spiro atoms. The third kappa shape index (κ3) is 3.12. The number of halogens is 1. The number of aliphatic hydroxyl groups is 1. The highest BCUT2D eigenvalue weighted by Gasteiger charge is 2.20. The zero-order valence-electron chi connectivity index (χ0n) is 9.97. The summed E-state index contributed by atoms with van der Waals surface area (Å²) in [7, 11) is 0. The second kappa shape index (κ2) is 6.03. The number of rotatable bonds is 4. The Labute approximate surface area is 111 Å². The number of carbonyl (C=O) groups is 1. The van der Waals surface area contributed by atoms with E-state index in [9.17, 15) is 9.90 Å². The number of hydrogen-bond acceptors (Lipinski definition) is 2. The quantitative estimate of drug-likeness (QED) is 0.822. The van der Waals surface area contributed by atoms with Crippen LogP contribution in [0.1, 0.15) is 24.5 Å². The maximum Gasteiger partial charge on any atom is 0.223 e. The molecule has 0 aromatic heterocycles. The van der Waals surface area contributed by atoms with E-state index < -0.39 is 6.10 Å². The van der Waals surface area contributed by atoms with Gasteiger partial charge in [-0.1, -0.05) is 42.0 Å². The number of hydrogen-bond donors (Lipinski definition) is 2. The van der Waals surface area contributed by atoms with Gasteiger partial charge in [-0.3, -0.25) is 4.79 Å². The first-order valence-corrected chi connectivity index (χ1v) is 6.41. The van der Waals surface area contributed by atoms with Gasteiger partial charge in [-0.15, -0.1) is 0 Å². The second-order valence-electron chi connectivity index (χ2n) is 4.42. The van der Waals surface area contributed by atoms with Crippen LogP contribution in [0.3, 0.4) is 0 Å². The van der Waals surface area contributed by atoms with Gasteiger partial charge in [0.25, 0.3) is 0 Å². The molecule has 1 amide bonds. The molecule has 0 fully saturated rings. The van der Waals surface area contributed by atoms with E-state index in [1.807, 2.05) is 18.2 Å². The Bertz CT molecular complexity index is 451. The Hall–Kier alpha value is -1.32. The summed E-state index contributed by atoms with van der Waals surface area (Å²) >= 11 is 5.98. The summed E-state index contributed by atoms with van der Waals surface area (Å²) in [5.74, 6) is 0.00884. The molecule has 0 saturated heterocycles. The number of amides is 1. The molecule has 0 saturated carbocycles. The van der Waals surface area contributed by atoms with Crippen molar-refractivity contribution in [1.82, 2.24) is 5.32 Å². The molecule has 4 heteroatoms. The Kier molecular flexibility index (Phi) is 4.39. The van der Waals surface area contributed by atoms with Crippen LogP contribution in [0.25, 0.3) is 0 Å². The lowest BCUT2D eigenvalue weighted by molar-refractivity contribution is -0.125. The zero-order valence-corrected chi connectivity index (χ0v) is 10.7. The Morgan fingerprint density at radius 3 is 2.72 bits per heavy atom. The lowest BCUT2D eigenvalue weighted by atomic mass is 10.1. The van der Waals surface area contributed by atoms with E-state index in [0.29, 0.717) is 10.6 Å². The van der Waals surface area contributed by atoms with Crippen LogP contribution in [0.5, 0.6) is 0 Å². The average molecular weight is 266 g/mol. The lowest BCUT2D eigenvalue weighted by Crippen LogP contribution is -2.33. The molecule has 1 aliphatic carbocycles. The Morgan fingerprint density at radius 1 is 1.39 bits per heavy atom. The van der Waals surface area contributed by atoms with Gasteiger partial charge in [-0.25, -0.2) is 0 Å². The molecule has 18 heavy (non-hydrogen) atoms. The molecule has 2 N–H and O–H groups in total. The molecule has 2 rings (SSSR count). The van der Waals surface area contributed by atoms with Crippen LogP contribution in [0.15, 0.2) is 36.4 Å². The normalized spacial score (nSPS) is 16.8. The predicted molar refractivity (Wildman–Crippen MR) is 71.3 cm³/mol. The molecular formula is C14H16ClNO2. The molecular weight excluding hydrogens is 250 g/mol. The molecule has 3 nitrogen and oxygen atoms in total. The standard InChI is InChI=1S/C14H16ClNO2/c15-12-8-4-3-7-11(12)13(17)9-16-14(18)10-5-1-2-6-10/h1-4,7-8,10,13,17H,5-6,9H2,(H,16,18). The minimum Gasteiger partial charge on any atom is -0.387 e. The van der Waals surface area contributed by atoms with Gasteiger partial charge in [0.05, 0.1) is 6.10 Å². The first kappa shape index (κ1) is 13.1. The van der Waals surface area contributed by atoms with Crippen LogP contribution in [0.4, 0.5) is 0 Å². The number of allylic oxidation sites excluding steroid dienone is 2. The Morgan fingerprint density at radius 2 is 2.06 bits per heavy atom. The average Bonchev–Trinajstić information content (AvgIpc) is 2.90. The fraction of sp³-hybridized carbons (Fsp3) is 0.357. The third-order valence-corrected chi connectivity index (χ3v) is 3.46. The molecule has 96 valence electrons. The van der Waals surface area contributed by atoms with E-state index in [1.54, 1.807) is 18.2 Å². The van der Waals surface area contributed by atoms with E-state index in [2.05, 4.69) is 5.32 Å². The highest BCUT2D eigenvalue weighted by molar-refractivity contribution is 6.31. The number of nitrogens with one attached hydrogen (secondary N) is 1. The van der Waals surface area contributed by atoms with Crippen molar-refractivity contribution < 1.29 is 9.90 Å². The summed E-state index contributed by atoms with van der Waals surface area (Å²) in [6.07, 6.45) is 4.82. The van der Waals surface area contributed by atoms with Gasteiger partial charge in [-0.05, 0) is 18.9 Å². The van der Waals surface area contributed by atoms with Crippen LogP contribution in [0, 0.1) is 5.92 Å². The van der Waals surface area contributed by atoms with Gasteiger partial charge in [0.1, 0.15) is 0 Å². The number of benzene rings is 1. The smallest absolute Gasteiger partial charge is 0.223 e. The summed E-state index contributed by atoms with van der Waals surface area (Å²) in [5, 5.41) is 13.3. The maximum absolute atomic E-state index is 11.8. The molecule has 0 radical (unpaired) electrons. The summed E-state index contributed by atoms with van der Waals surface area (Å²) < 4.78 is 0. The van der Waals surface area contributed by atoms with Gasteiger partial charge in [0.15, 0.2) is 0 Å². The van der Waals surface area contributed by atoms with Crippen LogP contribution < -0.4 is 5.32 Å². The highest BCUT2D eigenvalue weighted by atomic mass is 35.5. The minimum absolute atomic E-state index is 0.00824. The van der Waals surface area contributed by atoms with Gasteiger partial charge < -0.3 is 10.4 Å². The van der Waals surface area contributed by atoms with E-state index in [4.69, 9.17) is 11.6 Å². The van der Waals surface area contributed by atoms with Crippen LogP contribution >= 0.6 is 11.6 Å². The summed E-state index contributed by atoms with van der Waals surface area (Å²) in [4.78, 5) is 11.8. The van der Waals surface area contributed by atoms with Crippen molar-refractivity contribution in [3.8, 4) is 0 Å². The van der Waals surface area contributed by atoms with Crippen molar-refractivity contribution in [1.29, 1.82) is 0 Å². The van der Waals surface area contributed by atoms with E-state index >= 15 is 0 Å². The minimum atomic E-state index is -0.767. The van der Waals surface area contributed by atoms with Gasteiger partial charge in [-0.2, -0.15) is 0 Å². The first-order valence-electron chi connectivity index (χ1n) is 6.03. The zero-order chi connectivity index (χ0) is 13.0. The van der Waals surface area contributed by atoms with Crippen molar-refractivity contribution in [2.45, 2.75) is 18.9 Å². The molecule has 1 atom stereocenters. The second-order valence-corrected chi connectivity index (χ2v) is 4.83. The number of aliphatic hydroxyl groups excluding tert-OH is 1. The molecule has 0 heterocycles. The monoisotopic (exact) mass is 265 g/mol. The summed E-state index contributed by atoms with van der Waals surface area (Å²) in [6.45, 7) is 0.194. The number of carbonyl (C=O) groups excluding carboxylic acids is 1. The molecule has 1 aromatic rings. The van der Waals surface area contributed by atoms with E-state index in [1.165, 1.54) is 0 Å². The molecule has 1 unspecified atom stereocenters. The topological polar surface area (TPSA) is 49.3 Å². The molecule has 0 bridgehead atoms. The first-order chi connectivity index (χ1) is 8.68. The molecule has 1 aliphatic rings. The van der Waals surface area contributed by atoms with Crippen molar-refractivity contribution in [2.75, 3.05) is 6.54 Å². The fourth-order valence-electron chi connectivity index (χ4n) is 2.03. The lowest BCUT2D eigenvalue weighted by Gasteiger charge is -2.15. The third-order valence-electron chi connectivity index (χ3n) is 3.11. The molecule has 1 aromatic carbocycles. The molecule has 0 aliphatic heterocycles. The van der Waals surface area contributed by atoms with Crippen molar-refractivity contribution in [3.05, 3.63) is 47.0 Å². The van der Waals surface area contributed by atoms with Crippen molar-refractivity contribution in [2.24, 2.45) is 5.92 Å². The Balaban J connectivity index is 1.86. The van der Waals surface area contributed by atoms with Gasteiger partial charge >= 0.3 is 0 Å². The van der Waals surface area contributed by atoms with Crippen molar-refractivity contribution in [3.63, 3.8) is 0 Å². The largest absolute Gasteiger partial charge is 0.387 e. The summed E-state index contributed by atoms with van der Waals surface area (Å²) in [5.41, 5.74) is 0.643. The maximum atomic E-state index is 11.8. The van der Waals surface area contributed by atoms with Crippen LogP contribution in [-0.4, -0.2) is 17.6 Å². The van der Waals surface area contributed by atoms with Crippen LogP contribution in [-0.2, 0) is 4.79 Å².